The van der Waals surface area contributed by atoms with Crippen LogP contribution in [-0.4, -0.2) is 5.11 Å². The predicted molar refractivity (Wildman–Crippen MR) is 76.0 cm³/mol. The second-order valence-corrected chi connectivity index (χ2v) is 4.74. The summed E-state index contributed by atoms with van der Waals surface area (Å²) in [6.45, 7) is 0. The summed E-state index contributed by atoms with van der Waals surface area (Å²) < 4.78 is 13.9. The van der Waals surface area contributed by atoms with Gasteiger partial charge < -0.3 is 5.11 Å². The molecule has 0 fully saturated rings. The van der Waals surface area contributed by atoms with Gasteiger partial charge >= 0.3 is 0 Å². The highest BCUT2D eigenvalue weighted by Crippen LogP contribution is 2.37. The van der Waals surface area contributed by atoms with Gasteiger partial charge in [0, 0.05) is 21.5 Å². The lowest BCUT2D eigenvalue weighted by Crippen LogP contribution is -1.86. The van der Waals surface area contributed by atoms with Crippen molar-refractivity contribution >= 4 is 22.4 Å². The Kier molecular flexibility index (Phi) is 2.88. The zero-order valence-corrected chi connectivity index (χ0v) is 10.7. The summed E-state index contributed by atoms with van der Waals surface area (Å²) >= 11 is 5.89. The minimum atomic E-state index is -0.407. The first kappa shape index (κ1) is 12.0. The fourth-order valence-electron chi connectivity index (χ4n) is 2.18. The highest BCUT2D eigenvalue weighted by atomic mass is 35.5. The molecule has 0 bridgehead atoms. The van der Waals surface area contributed by atoms with E-state index < -0.39 is 5.82 Å². The number of fused-ring (bicyclic) bond motifs is 1. The van der Waals surface area contributed by atoms with Crippen LogP contribution in [0.15, 0.2) is 54.6 Å². The maximum absolute atomic E-state index is 13.9. The molecular weight excluding hydrogens is 263 g/mol. The van der Waals surface area contributed by atoms with E-state index in [9.17, 15) is 9.50 Å². The largest absolute Gasteiger partial charge is 0.507 e. The zero-order chi connectivity index (χ0) is 13.4. The average Bonchev–Trinajstić information content (AvgIpc) is 2.43. The lowest BCUT2D eigenvalue weighted by molar-refractivity contribution is 0.483. The molecule has 1 nitrogen and oxygen atoms in total. The molecule has 0 aromatic heterocycles. The van der Waals surface area contributed by atoms with E-state index in [0.717, 1.165) is 5.39 Å². The van der Waals surface area contributed by atoms with Crippen molar-refractivity contribution in [2.75, 3.05) is 0 Å². The first-order valence-corrected chi connectivity index (χ1v) is 6.21. The second-order valence-electron chi connectivity index (χ2n) is 4.31. The summed E-state index contributed by atoms with van der Waals surface area (Å²) in [6.07, 6.45) is 0. The van der Waals surface area contributed by atoms with Crippen molar-refractivity contribution in [2.24, 2.45) is 0 Å². The molecule has 0 aliphatic heterocycles. The minimum absolute atomic E-state index is 0.0688. The van der Waals surface area contributed by atoms with Crippen LogP contribution in [0.4, 0.5) is 4.39 Å². The smallest absolute Gasteiger partial charge is 0.131 e. The Morgan fingerprint density at radius 3 is 2.53 bits per heavy atom. The van der Waals surface area contributed by atoms with Gasteiger partial charge in [-0.15, -0.1) is 0 Å². The molecule has 0 amide bonds. The number of phenolic OH excluding ortho intramolecular Hbond substituents is 1. The van der Waals surface area contributed by atoms with Crippen molar-refractivity contribution in [1.29, 1.82) is 0 Å². The lowest BCUT2D eigenvalue weighted by Gasteiger charge is -2.09. The van der Waals surface area contributed by atoms with Crippen LogP contribution in [0, 0.1) is 5.82 Å². The molecular formula is C16H10ClFO. The fraction of sp³-hybridized carbons (Fsp3) is 0. The first-order chi connectivity index (χ1) is 9.16. The summed E-state index contributed by atoms with van der Waals surface area (Å²) in [5.41, 5.74) is 0.745. The Balaban J connectivity index is 2.31. The molecule has 0 radical (unpaired) electrons. The summed E-state index contributed by atoms with van der Waals surface area (Å²) in [5.74, 6) is -0.339. The fourth-order valence-corrected chi connectivity index (χ4v) is 2.35. The molecule has 0 aliphatic carbocycles. The van der Waals surface area contributed by atoms with E-state index in [1.54, 1.807) is 12.1 Å². The number of aromatic hydroxyl groups is 1. The van der Waals surface area contributed by atoms with Gasteiger partial charge in [0.05, 0.1) is 0 Å². The zero-order valence-electron chi connectivity index (χ0n) is 9.90. The average molecular weight is 273 g/mol. The van der Waals surface area contributed by atoms with Crippen LogP contribution in [0.25, 0.3) is 21.9 Å². The molecule has 0 saturated heterocycles. The highest BCUT2D eigenvalue weighted by molar-refractivity contribution is 6.30. The van der Waals surface area contributed by atoms with Gasteiger partial charge in [-0.3, -0.25) is 0 Å². The van der Waals surface area contributed by atoms with Crippen LogP contribution in [0.3, 0.4) is 0 Å². The molecule has 3 aromatic carbocycles. The molecule has 1 N–H and O–H groups in total. The third kappa shape index (κ3) is 2.04. The van der Waals surface area contributed by atoms with Crippen molar-refractivity contribution in [3.05, 3.63) is 65.4 Å². The minimum Gasteiger partial charge on any atom is -0.507 e. The van der Waals surface area contributed by atoms with Crippen molar-refractivity contribution in [3.8, 4) is 16.9 Å². The third-order valence-corrected chi connectivity index (χ3v) is 3.35. The molecule has 0 heterocycles. The number of rotatable bonds is 1. The number of benzene rings is 3. The standard InChI is InChI=1S/C16H10ClFO/c17-11-6-8-15(18)14(9-11)13-7-5-10-3-1-2-4-12(10)16(13)19/h1-9,19H. The van der Waals surface area contributed by atoms with Gasteiger partial charge in [-0.05, 0) is 29.7 Å². The van der Waals surface area contributed by atoms with Crippen LogP contribution in [0.5, 0.6) is 5.75 Å². The Morgan fingerprint density at radius 2 is 1.68 bits per heavy atom. The van der Waals surface area contributed by atoms with E-state index >= 15 is 0 Å². The van der Waals surface area contributed by atoms with E-state index in [0.29, 0.717) is 21.5 Å². The number of hydrogen-bond donors (Lipinski definition) is 1. The normalized spacial score (nSPS) is 10.8. The van der Waals surface area contributed by atoms with E-state index in [1.165, 1.54) is 18.2 Å². The quantitative estimate of drug-likeness (QED) is 0.660. The van der Waals surface area contributed by atoms with E-state index in [-0.39, 0.29) is 5.75 Å². The molecule has 0 unspecified atom stereocenters. The van der Waals surface area contributed by atoms with Gasteiger partial charge in [0.2, 0.25) is 0 Å². The molecule has 3 heteroatoms. The summed E-state index contributed by atoms with van der Waals surface area (Å²) in [5, 5.41) is 12.3. The Hall–Kier alpha value is -2.06. The van der Waals surface area contributed by atoms with E-state index in [2.05, 4.69) is 0 Å². The first-order valence-electron chi connectivity index (χ1n) is 5.83. The van der Waals surface area contributed by atoms with Gasteiger partial charge in [0.15, 0.2) is 0 Å². The van der Waals surface area contributed by atoms with Gasteiger partial charge in [0.25, 0.3) is 0 Å². The van der Waals surface area contributed by atoms with Crippen LogP contribution in [0.2, 0.25) is 5.02 Å². The Labute approximate surface area is 114 Å². The maximum Gasteiger partial charge on any atom is 0.131 e. The highest BCUT2D eigenvalue weighted by Gasteiger charge is 2.12. The summed E-state index contributed by atoms with van der Waals surface area (Å²) in [4.78, 5) is 0. The van der Waals surface area contributed by atoms with Crippen LogP contribution in [-0.2, 0) is 0 Å². The van der Waals surface area contributed by atoms with Gasteiger partial charge in [0.1, 0.15) is 11.6 Å². The molecule has 3 rings (SSSR count). The van der Waals surface area contributed by atoms with E-state index in [4.69, 9.17) is 11.6 Å². The maximum atomic E-state index is 13.9. The van der Waals surface area contributed by atoms with E-state index in [1.807, 2.05) is 24.3 Å². The van der Waals surface area contributed by atoms with Crippen molar-refractivity contribution in [3.63, 3.8) is 0 Å². The number of halogens is 2. The van der Waals surface area contributed by atoms with Crippen molar-refractivity contribution in [2.45, 2.75) is 0 Å². The van der Waals surface area contributed by atoms with Crippen LogP contribution < -0.4 is 0 Å². The topological polar surface area (TPSA) is 20.2 Å². The van der Waals surface area contributed by atoms with Crippen molar-refractivity contribution in [1.82, 2.24) is 0 Å². The molecule has 0 saturated carbocycles. The third-order valence-electron chi connectivity index (χ3n) is 3.12. The van der Waals surface area contributed by atoms with Crippen LogP contribution >= 0.6 is 11.6 Å². The summed E-state index contributed by atoms with van der Waals surface area (Å²) in [7, 11) is 0. The molecule has 0 aliphatic rings. The summed E-state index contributed by atoms with van der Waals surface area (Å²) in [6, 6.07) is 15.3. The molecule has 0 atom stereocenters. The molecule has 94 valence electrons. The monoisotopic (exact) mass is 272 g/mol. The SMILES string of the molecule is Oc1c(-c2cc(Cl)ccc2F)ccc2ccccc12. The van der Waals surface area contributed by atoms with Gasteiger partial charge in [-0.1, -0.05) is 41.9 Å². The Bertz CT molecular complexity index is 768. The number of hydrogen-bond acceptors (Lipinski definition) is 1. The van der Waals surface area contributed by atoms with Gasteiger partial charge in [-0.25, -0.2) is 4.39 Å². The lowest BCUT2D eigenvalue weighted by atomic mass is 9.99. The molecule has 0 spiro atoms. The van der Waals surface area contributed by atoms with Crippen molar-refractivity contribution < 1.29 is 9.50 Å². The Morgan fingerprint density at radius 1 is 0.895 bits per heavy atom. The molecule has 19 heavy (non-hydrogen) atoms. The van der Waals surface area contributed by atoms with Crippen LogP contribution in [0.1, 0.15) is 0 Å². The number of phenols is 1. The predicted octanol–water partition coefficient (Wildman–Crippen LogP) is 5.00. The van der Waals surface area contributed by atoms with Gasteiger partial charge in [-0.2, -0.15) is 0 Å². The second kappa shape index (κ2) is 4.56. The molecule has 3 aromatic rings.